The number of primary amides is 1. The van der Waals surface area contributed by atoms with Crippen LogP contribution in [0.4, 0.5) is 5.69 Å². The Balaban J connectivity index is 1.40. The summed E-state index contributed by atoms with van der Waals surface area (Å²) in [4.78, 5) is 59.8. The highest BCUT2D eigenvalue weighted by atomic mass is 16.5. The molecule has 0 radical (unpaired) electrons. The highest BCUT2D eigenvalue weighted by molar-refractivity contribution is 6.03. The van der Waals surface area contributed by atoms with Crippen molar-refractivity contribution in [1.29, 1.82) is 0 Å². The molecular formula is C25H34N6O5. The highest BCUT2D eigenvalue weighted by Crippen LogP contribution is 2.41. The van der Waals surface area contributed by atoms with Crippen molar-refractivity contribution >= 4 is 29.3 Å². The molecule has 1 saturated heterocycles. The average Bonchev–Trinajstić information content (AvgIpc) is 3.77. The van der Waals surface area contributed by atoms with E-state index in [1.807, 2.05) is 0 Å². The van der Waals surface area contributed by atoms with Crippen LogP contribution >= 0.6 is 0 Å². The van der Waals surface area contributed by atoms with Gasteiger partial charge in [0.1, 0.15) is 17.8 Å². The molecule has 2 saturated carbocycles. The maximum atomic E-state index is 13.9. The highest BCUT2D eigenvalue weighted by Gasteiger charge is 2.58. The van der Waals surface area contributed by atoms with Crippen molar-refractivity contribution < 1.29 is 23.9 Å². The molecule has 1 spiro atoms. The fourth-order valence-electron chi connectivity index (χ4n) is 5.28. The van der Waals surface area contributed by atoms with Gasteiger partial charge in [0.15, 0.2) is 0 Å². The van der Waals surface area contributed by atoms with Crippen molar-refractivity contribution in [3.63, 3.8) is 0 Å². The van der Waals surface area contributed by atoms with E-state index in [9.17, 15) is 19.2 Å². The molecule has 2 aliphatic carbocycles. The fourth-order valence-corrected chi connectivity index (χ4v) is 5.28. The maximum Gasteiger partial charge on any atom is 0.270 e. The van der Waals surface area contributed by atoms with Gasteiger partial charge in [-0.25, -0.2) is 4.98 Å². The Kier molecular flexibility index (Phi) is 6.14. The van der Waals surface area contributed by atoms with Crippen LogP contribution in [0.2, 0.25) is 0 Å². The first kappa shape index (κ1) is 24.5. The summed E-state index contributed by atoms with van der Waals surface area (Å²) in [7, 11) is 1.60. The third kappa shape index (κ3) is 4.63. The second-order valence-corrected chi connectivity index (χ2v) is 10.9. The van der Waals surface area contributed by atoms with E-state index in [0.29, 0.717) is 36.1 Å². The lowest BCUT2D eigenvalue weighted by Gasteiger charge is -2.35. The molecule has 0 aromatic carbocycles. The SMILES string of the molecule is Cc1ccc2c(n1)OC1(C[C@@H](C(N)=O)N(C(=O)[C@H](CC3CC3)N(C)C(=O)[C@@H](N)CC3CC3)C1)C(=O)N2. The van der Waals surface area contributed by atoms with Crippen molar-refractivity contribution in [2.24, 2.45) is 23.3 Å². The molecule has 1 aromatic heterocycles. The minimum Gasteiger partial charge on any atom is -0.457 e. The molecule has 4 amide bonds. The maximum absolute atomic E-state index is 13.9. The van der Waals surface area contributed by atoms with Gasteiger partial charge in [-0.3, -0.25) is 19.2 Å². The molecule has 11 nitrogen and oxygen atoms in total. The number of ether oxygens (including phenoxy) is 1. The predicted octanol–water partition coefficient (Wildman–Crippen LogP) is 0.300. The number of aromatic nitrogens is 1. The van der Waals surface area contributed by atoms with Gasteiger partial charge >= 0.3 is 0 Å². The quantitative estimate of drug-likeness (QED) is 0.464. The number of likely N-dealkylation sites (tertiary alicyclic amines) is 1. The Bertz CT molecular complexity index is 1100. The largest absolute Gasteiger partial charge is 0.457 e. The monoisotopic (exact) mass is 498 g/mol. The van der Waals surface area contributed by atoms with Crippen LogP contribution < -0.4 is 21.5 Å². The van der Waals surface area contributed by atoms with E-state index < -0.39 is 41.4 Å². The summed E-state index contributed by atoms with van der Waals surface area (Å²) in [5.74, 6) is -0.872. The molecule has 5 rings (SSSR count). The molecule has 0 bridgehead atoms. The number of carbonyl (C=O) groups is 4. The zero-order valence-electron chi connectivity index (χ0n) is 20.7. The Hall–Kier alpha value is -3.21. The number of aryl methyl sites for hydroxylation is 1. The lowest BCUT2D eigenvalue weighted by atomic mass is 9.97. The molecule has 1 unspecified atom stereocenters. The zero-order chi connectivity index (χ0) is 25.8. The molecule has 4 atom stereocenters. The number of amides is 4. The van der Waals surface area contributed by atoms with Crippen molar-refractivity contribution in [3.8, 4) is 5.88 Å². The first-order valence-corrected chi connectivity index (χ1v) is 12.7. The summed E-state index contributed by atoms with van der Waals surface area (Å²) in [6, 6.07) is 0.919. The smallest absolute Gasteiger partial charge is 0.270 e. The van der Waals surface area contributed by atoms with Crippen LogP contribution in [0.5, 0.6) is 5.88 Å². The third-order valence-corrected chi connectivity index (χ3v) is 7.85. The number of pyridine rings is 1. The zero-order valence-corrected chi connectivity index (χ0v) is 20.7. The Labute approximate surface area is 209 Å². The van der Waals surface area contributed by atoms with E-state index in [1.165, 1.54) is 9.80 Å². The number of nitrogens with two attached hydrogens (primary N) is 2. The number of anilines is 1. The topological polar surface area (TPSA) is 161 Å². The molecule has 5 N–H and O–H groups in total. The van der Waals surface area contributed by atoms with Crippen molar-refractivity contribution in [3.05, 3.63) is 17.8 Å². The average molecular weight is 499 g/mol. The van der Waals surface area contributed by atoms with Crippen LogP contribution in [0, 0.1) is 18.8 Å². The van der Waals surface area contributed by atoms with Crippen molar-refractivity contribution in [2.45, 2.75) is 75.6 Å². The number of carbonyl (C=O) groups excluding carboxylic acids is 4. The van der Waals surface area contributed by atoms with E-state index in [1.54, 1.807) is 26.1 Å². The van der Waals surface area contributed by atoms with E-state index >= 15 is 0 Å². The number of likely N-dealkylation sites (N-methyl/N-ethyl adjacent to an activating group) is 1. The number of nitrogens with zero attached hydrogens (tertiary/aromatic N) is 3. The standard InChI is InChI=1S/C25H34N6O5/c1-13-3-8-17-21(28-13)36-25(24(35)29-17)11-19(20(27)32)31(12-25)23(34)18(10-15-6-7-15)30(2)22(33)16(26)9-14-4-5-14/h3,8,14-16,18-19H,4-7,9-12,26H2,1-2H3,(H2,27,32)(H,29,35)/t16-,18-,19-,25?/m0/s1. The van der Waals surface area contributed by atoms with Crippen LogP contribution in [-0.4, -0.2) is 75.7 Å². The van der Waals surface area contributed by atoms with Gasteiger partial charge in [0.25, 0.3) is 5.91 Å². The van der Waals surface area contributed by atoms with Gasteiger partial charge in [-0.2, -0.15) is 0 Å². The minimum atomic E-state index is -1.50. The van der Waals surface area contributed by atoms with Crippen LogP contribution in [0.3, 0.4) is 0 Å². The van der Waals surface area contributed by atoms with Gasteiger partial charge in [0, 0.05) is 19.2 Å². The summed E-state index contributed by atoms with van der Waals surface area (Å²) in [6.45, 7) is 1.63. The van der Waals surface area contributed by atoms with Gasteiger partial charge in [0.05, 0.1) is 12.6 Å². The minimum absolute atomic E-state index is 0.0933. The summed E-state index contributed by atoms with van der Waals surface area (Å²) in [5, 5.41) is 2.79. The van der Waals surface area contributed by atoms with E-state index in [4.69, 9.17) is 16.2 Å². The molecule has 194 valence electrons. The van der Waals surface area contributed by atoms with E-state index in [2.05, 4.69) is 10.3 Å². The first-order valence-electron chi connectivity index (χ1n) is 12.7. The Morgan fingerprint density at radius 2 is 1.89 bits per heavy atom. The molecule has 36 heavy (non-hydrogen) atoms. The van der Waals surface area contributed by atoms with Crippen LogP contribution in [-0.2, 0) is 19.2 Å². The third-order valence-electron chi connectivity index (χ3n) is 7.85. The van der Waals surface area contributed by atoms with E-state index in [-0.39, 0.29) is 24.8 Å². The van der Waals surface area contributed by atoms with Gasteiger partial charge in [-0.15, -0.1) is 0 Å². The van der Waals surface area contributed by atoms with Crippen molar-refractivity contribution in [2.75, 3.05) is 18.9 Å². The van der Waals surface area contributed by atoms with Crippen LogP contribution in [0.15, 0.2) is 12.1 Å². The van der Waals surface area contributed by atoms with Gasteiger partial charge < -0.3 is 31.3 Å². The second kappa shape index (κ2) is 9.02. The summed E-state index contributed by atoms with van der Waals surface area (Å²) in [5.41, 5.74) is 11.5. The molecule has 1 aromatic rings. The predicted molar refractivity (Wildman–Crippen MR) is 129 cm³/mol. The van der Waals surface area contributed by atoms with Crippen molar-refractivity contribution in [1.82, 2.24) is 14.8 Å². The normalized spacial score (nSPS) is 26.6. The molecular weight excluding hydrogens is 464 g/mol. The van der Waals surface area contributed by atoms with Gasteiger partial charge in [-0.1, -0.05) is 25.7 Å². The molecule has 3 heterocycles. The number of rotatable bonds is 8. The number of nitrogens with one attached hydrogen (secondary N) is 1. The number of hydrogen-bond donors (Lipinski definition) is 3. The summed E-state index contributed by atoms with van der Waals surface area (Å²) >= 11 is 0. The Morgan fingerprint density at radius 3 is 2.53 bits per heavy atom. The molecule has 2 aliphatic heterocycles. The molecule has 3 fully saturated rings. The summed E-state index contributed by atoms with van der Waals surface area (Å²) in [6.07, 6.45) is 5.10. The van der Waals surface area contributed by atoms with Crippen LogP contribution in [0.25, 0.3) is 0 Å². The molecule has 11 heteroatoms. The Morgan fingerprint density at radius 1 is 1.22 bits per heavy atom. The fraction of sp³-hybridized carbons (Fsp3) is 0.640. The first-order chi connectivity index (χ1) is 17.1. The van der Waals surface area contributed by atoms with E-state index in [0.717, 1.165) is 25.7 Å². The summed E-state index contributed by atoms with van der Waals surface area (Å²) < 4.78 is 6.08. The number of hydrogen-bond acceptors (Lipinski definition) is 7. The number of fused-ring (bicyclic) bond motifs is 1. The van der Waals surface area contributed by atoms with Gasteiger partial charge in [-0.05, 0) is 43.7 Å². The lowest BCUT2D eigenvalue weighted by Crippen LogP contribution is -2.57. The van der Waals surface area contributed by atoms with Crippen LogP contribution in [0.1, 0.15) is 50.6 Å². The molecule has 4 aliphatic rings. The van der Waals surface area contributed by atoms with Gasteiger partial charge in [0.2, 0.25) is 29.2 Å². The lowest BCUT2D eigenvalue weighted by molar-refractivity contribution is -0.148. The second-order valence-electron chi connectivity index (χ2n) is 10.9.